The molecule has 0 radical (unpaired) electrons. The molecule has 0 saturated heterocycles. The maximum Gasteiger partial charge on any atom is 0.254 e. The van der Waals surface area contributed by atoms with E-state index in [2.05, 4.69) is 32.0 Å². The van der Waals surface area contributed by atoms with Gasteiger partial charge in [0.05, 0.1) is 6.17 Å². The second kappa shape index (κ2) is 7.06. The van der Waals surface area contributed by atoms with Crippen LogP contribution in [0.2, 0.25) is 0 Å². The van der Waals surface area contributed by atoms with Crippen LogP contribution in [0.15, 0.2) is 24.4 Å². The molecule has 1 saturated carbocycles. The van der Waals surface area contributed by atoms with Gasteiger partial charge in [-0.1, -0.05) is 6.07 Å². The summed E-state index contributed by atoms with van der Waals surface area (Å²) in [6.07, 6.45) is 3.95. The zero-order chi connectivity index (χ0) is 18.0. The molecule has 5 N–H and O–H groups in total. The monoisotopic (exact) mass is 340 g/mol. The minimum absolute atomic E-state index is 0.119. The average molecular weight is 340 g/mol. The third-order valence-electron chi connectivity index (χ3n) is 4.23. The lowest BCUT2D eigenvalue weighted by molar-refractivity contribution is 0.100. The Balaban J connectivity index is 1.88. The molecule has 1 aliphatic carbocycles. The Morgan fingerprint density at radius 1 is 1.24 bits per heavy atom. The van der Waals surface area contributed by atoms with Gasteiger partial charge in [-0.2, -0.15) is 4.98 Å². The van der Waals surface area contributed by atoms with Crippen LogP contribution in [0.25, 0.3) is 0 Å². The molecular weight excluding hydrogens is 316 g/mol. The van der Waals surface area contributed by atoms with Crippen molar-refractivity contribution in [1.82, 2.24) is 15.3 Å². The number of carbonyl (C=O) groups is 1. The van der Waals surface area contributed by atoms with Crippen molar-refractivity contribution in [3.63, 3.8) is 0 Å². The molecular formula is C18H24N6O. The zero-order valence-electron chi connectivity index (χ0n) is 14.8. The molecule has 0 spiro atoms. The average Bonchev–Trinajstić information content (AvgIpc) is 3.36. The van der Waals surface area contributed by atoms with Crippen molar-refractivity contribution >= 4 is 23.4 Å². The summed E-state index contributed by atoms with van der Waals surface area (Å²) in [4.78, 5) is 20.4. The number of nitrogens with zero attached hydrogens (tertiary/aromatic N) is 2. The summed E-state index contributed by atoms with van der Waals surface area (Å²) in [6.45, 7) is 4.04. The second-order valence-corrected chi connectivity index (χ2v) is 6.57. The van der Waals surface area contributed by atoms with Crippen LogP contribution in [0.1, 0.15) is 34.3 Å². The predicted molar refractivity (Wildman–Crippen MR) is 98.9 cm³/mol. The van der Waals surface area contributed by atoms with Gasteiger partial charge in [-0.3, -0.25) is 4.79 Å². The van der Waals surface area contributed by atoms with Gasteiger partial charge in [0.2, 0.25) is 5.95 Å². The summed E-state index contributed by atoms with van der Waals surface area (Å²) in [6, 6.07) is 6.07. The van der Waals surface area contributed by atoms with Crippen molar-refractivity contribution < 1.29 is 4.79 Å². The smallest absolute Gasteiger partial charge is 0.254 e. The SMILES string of the molecule is CNC(Nc1ncc(C(N)=O)c(Nc2cc(C)cc(C)c2)n1)C1CC1. The lowest BCUT2D eigenvalue weighted by Gasteiger charge is -2.18. The van der Waals surface area contributed by atoms with Gasteiger partial charge in [-0.15, -0.1) is 0 Å². The van der Waals surface area contributed by atoms with E-state index in [0.717, 1.165) is 16.8 Å². The number of amides is 1. The van der Waals surface area contributed by atoms with Gasteiger partial charge in [-0.05, 0) is 62.9 Å². The third kappa shape index (κ3) is 4.24. The normalized spacial score (nSPS) is 14.8. The first kappa shape index (κ1) is 17.2. The molecule has 1 unspecified atom stereocenters. The first-order valence-corrected chi connectivity index (χ1v) is 8.42. The minimum Gasteiger partial charge on any atom is -0.365 e. The third-order valence-corrected chi connectivity index (χ3v) is 4.23. The number of carbonyl (C=O) groups excluding carboxylic acids is 1. The van der Waals surface area contributed by atoms with E-state index in [-0.39, 0.29) is 11.7 Å². The van der Waals surface area contributed by atoms with Gasteiger partial charge in [0.25, 0.3) is 5.91 Å². The highest BCUT2D eigenvalue weighted by atomic mass is 16.1. The summed E-state index contributed by atoms with van der Waals surface area (Å²) < 4.78 is 0. The molecule has 1 aromatic heterocycles. The fourth-order valence-electron chi connectivity index (χ4n) is 2.90. The van der Waals surface area contributed by atoms with Crippen molar-refractivity contribution in [2.75, 3.05) is 17.7 Å². The van der Waals surface area contributed by atoms with Gasteiger partial charge in [0, 0.05) is 11.9 Å². The van der Waals surface area contributed by atoms with Crippen LogP contribution in [0.5, 0.6) is 0 Å². The fraction of sp³-hybridized carbons (Fsp3) is 0.389. The van der Waals surface area contributed by atoms with Crippen molar-refractivity contribution in [1.29, 1.82) is 0 Å². The Morgan fingerprint density at radius 3 is 2.48 bits per heavy atom. The van der Waals surface area contributed by atoms with Crippen molar-refractivity contribution in [3.05, 3.63) is 41.1 Å². The van der Waals surface area contributed by atoms with E-state index in [1.807, 2.05) is 33.0 Å². The molecule has 1 aromatic carbocycles. The molecule has 1 fully saturated rings. The van der Waals surface area contributed by atoms with Crippen LogP contribution in [0.4, 0.5) is 17.5 Å². The van der Waals surface area contributed by atoms with Gasteiger partial charge >= 0.3 is 0 Å². The number of benzene rings is 1. The van der Waals surface area contributed by atoms with Crippen molar-refractivity contribution in [3.8, 4) is 0 Å². The molecule has 2 aromatic rings. The van der Waals surface area contributed by atoms with Gasteiger partial charge in [0.1, 0.15) is 11.4 Å². The molecule has 1 heterocycles. The zero-order valence-corrected chi connectivity index (χ0v) is 14.8. The standard InChI is InChI=1S/C18H24N6O/c1-10-6-11(2)8-13(7-10)22-17-14(15(19)25)9-21-18(24-17)23-16(20-3)12-4-5-12/h6-9,12,16,20H,4-5H2,1-3H3,(H2,19,25)(H2,21,22,23,24). The van der Waals surface area contributed by atoms with Crippen LogP contribution in [0.3, 0.4) is 0 Å². The van der Waals surface area contributed by atoms with E-state index in [1.54, 1.807) is 0 Å². The molecule has 132 valence electrons. The van der Waals surface area contributed by atoms with Gasteiger partial charge < -0.3 is 21.7 Å². The number of aryl methyl sites for hydroxylation is 2. The minimum atomic E-state index is -0.564. The van der Waals surface area contributed by atoms with E-state index >= 15 is 0 Å². The largest absolute Gasteiger partial charge is 0.365 e. The van der Waals surface area contributed by atoms with Crippen LogP contribution < -0.4 is 21.7 Å². The lowest BCUT2D eigenvalue weighted by Crippen LogP contribution is -2.36. The highest BCUT2D eigenvalue weighted by Gasteiger charge is 2.30. The first-order chi connectivity index (χ1) is 12.0. The molecule has 3 rings (SSSR count). The Morgan fingerprint density at radius 2 is 1.92 bits per heavy atom. The molecule has 1 amide bonds. The number of nitrogens with one attached hydrogen (secondary N) is 3. The number of rotatable bonds is 7. The highest BCUT2D eigenvalue weighted by molar-refractivity contribution is 5.98. The number of nitrogens with two attached hydrogens (primary N) is 1. The summed E-state index contributed by atoms with van der Waals surface area (Å²) >= 11 is 0. The van der Waals surface area contributed by atoms with E-state index in [0.29, 0.717) is 17.7 Å². The van der Waals surface area contributed by atoms with E-state index in [9.17, 15) is 4.79 Å². The molecule has 25 heavy (non-hydrogen) atoms. The van der Waals surface area contributed by atoms with E-state index in [4.69, 9.17) is 5.73 Å². The number of hydrogen-bond acceptors (Lipinski definition) is 6. The predicted octanol–water partition coefficient (Wildman–Crippen LogP) is 2.30. The van der Waals surface area contributed by atoms with Gasteiger partial charge in [0.15, 0.2) is 0 Å². The summed E-state index contributed by atoms with van der Waals surface area (Å²) in [7, 11) is 1.91. The number of anilines is 3. The van der Waals surface area contributed by atoms with Crippen LogP contribution in [-0.2, 0) is 0 Å². The lowest BCUT2D eigenvalue weighted by atomic mass is 10.1. The molecule has 7 nitrogen and oxygen atoms in total. The van der Waals surface area contributed by atoms with E-state index < -0.39 is 5.91 Å². The summed E-state index contributed by atoms with van der Waals surface area (Å²) in [5, 5.41) is 9.71. The summed E-state index contributed by atoms with van der Waals surface area (Å²) in [5.74, 6) is 0.884. The molecule has 7 heteroatoms. The molecule has 1 atom stereocenters. The Kier molecular flexibility index (Phi) is 4.85. The van der Waals surface area contributed by atoms with Crippen LogP contribution in [0, 0.1) is 19.8 Å². The maximum absolute atomic E-state index is 11.7. The van der Waals surface area contributed by atoms with Crippen molar-refractivity contribution in [2.45, 2.75) is 32.9 Å². The van der Waals surface area contributed by atoms with E-state index in [1.165, 1.54) is 19.0 Å². The molecule has 1 aliphatic rings. The van der Waals surface area contributed by atoms with Crippen LogP contribution >= 0.6 is 0 Å². The first-order valence-electron chi connectivity index (χ1n) is 8.42. The second-order valence-electron chi connectivity index (χ2n) is 6.57. The topological polar surface area (TPSA) is 105 Å². The number of primary amides is 1. The molecule has 0 aliphatic heterocycles. The Hall–Kier alpha value is -2.67. The Labute approximate surface area is 147 Å². The quantitative estimate of drug-likeness (QED) is 0.577. The summed E-state index contributed by atoms with van der Waals surface area (Å²) in [5.41, 5.74) is 8.84. The van der Waals surface area contributed by atoms with Crippen molar-refractivity contribution in [2.24, 2.45) is 11.7 Å². The van der Waals surface area contributed by atoms with Crippen LogP contribution in [-0.4, -0.2) is 29.1 Å². The Bertz CT molecular complexity index is 767. The highest BCUT2D eigenvalue weighted by Crippen LogP contribution is 2.32. The number of hydrogen-bond donors (Lipinski definition) is 4. The fourth-order valence-corrected chi connectivity index (χ4v) is 2.90. The van der Waals surface area contributed by atoms with Gasteiger partial charge in [-0.25, -0.2) is 4.98 Å². The maximum atomic E-state index is 11.7. The number of aromatic nitrogens is 2. The molecule has 0 bridgehead atoms.